The molecule has 24 heavy (non-hydrogen) atoms. The summed E-state index contributed by atoms with van der Waals surface area (Å²) in [6, 6.07) is 20.4. The predicted octanol–water partition coefficient (Wildman–Crippen LogP) is 2.42. The second-order valence-corrected chi connectivity index (χ2v) is 11.1. The van der Waals surface area contributed by atoms with Crippen LogP contribution in [0.1, 0.15) is 20.8 Å². The molecule has 1 aliphatic rings. The van der Waals surface area contributed by atoms with Crippen LogP contribution in [0, 0.1) is 0 Å². The molecule has 126 valence electrons. The molecule has 0 N–H and O–H groups in total. The lowest BCUT2D eigenvalue weighted by Crippen LogP contribution is -2.67. The van der Waals surface area contributed by atoms with Gasteiger partial charge in [0.15, 0.2) is 6.61 Å². The Morgan fingerprint density at radius 1 is 0.958 bits per heavy atom. The molecule has 0 radical (unpaired) electrons. The summed E-state index contributed by atoms with van der Waals surface area (Å²) in [5, 5.41) is 2.05. The fourth-order valence-electron chi connectivity index (χ4n) is 3.21. The third-order valence-electron chi connectivity index (χ3n) is 4.25. The van der Waals surface area contributed by atoms with E-state index >= 15 is 0 Å². The fraction of sp³-hybridized carbons (Fsp3) is 0.316. The molecule has 2 aromatic rings. The van der Waals surface area contributed by atoms with Gasteiger partial charge < -0.3 is 13.9 Å². The molecule has 4 nitrogen and oxygen atoms in total. The maximum atomic E-state index is 11.5. The number of carbonyl (C=O) groups excluding carboxylic acids is 1. The molecule has 0 bridgehead atoms. The first-order valence-electron chi connectivity index (χ1n) is 8.03. The van der Waals surface area contributed by atoms with Gasteiger partial charge in [-0.15, -0.1) is 0 Å². The van der Waals surface area contributed by atoms with E-state index in [1.165, 1.54) is 0 Å². The molecule has 0 saturated carbocycles. The highest BCUT2D eigenvalue weighted by molar-refractivity contribution is 6.99. The van der Waals surface area contributed by atoms with Gasteiger partial charge in [0.2, 0.25) is 0 Å². The number of hydrogen-bond donors (Lipinski definition) is 0. The van der Waals surface area contributed by atoms with Crippen molar-refractivity contribution in [3.8, 4) is 0 Å². The van der Waals surface area contributed by atoms with Gasteiger partial charge in [-0.25, -0.2) is 4.79 Å². The monoisotopic (exact) mass is 342 g/mol. The molecule has 5 heteroatoms. The van der Waals surface area contributed by atoms with Gasteiger partial charge in [-0.1, -0.05) is 81.4 Å². The van der Waals surface area contributed by atoms with Crippen LogP contribution in [0.15, 0.2) is 60.7 Å². The molecule has 0 spiro atoms. The minimum absolute atomic E-state index is 0.0666. The van der Waals surface area contributed by atoms with Gasteiger partial charge in [0, 0.05) is 0 Å². The molecule has 0 amide bonds. The molecule has 0 aliphatic carbocycles. The molecule has 1 atom stereocenters. The number of esters is 1. The minimum Gasteiger partial charge on any atom is -0.409 e. The van der Waals surface area contributed by atoms with Crippen molar-refractivity contribution in [2.45, 2.75) is 32.3 Å². The smallest absolute Gasteiger partial charge is 0.336 e. The molecule has 0 aromatic heterocycles. The summed E-state index contributed by atoms with van der Waals surface area (Å²) < 4.78 is 17.1. The topological polar surface area (TPSA) is 44.8 Å². The molecule has 3 rings (SSSR count). The van der Waals surface area contributed by atoms with E-state index in [-0.39, 0.29) is 11.6 Å². The number of rotatable bonds is 4. The predicted molar refractivity (Wildman–Crippen MR) is 94.5 cm³/mol. The van der Waals surface area contributed by atoms with E-state index in [1.54, 1.807) is 0 Å². The van der Waals surface area contributed by atoms with E-state index in [4.69, 9.17) is 13.9 Å². The first-order chi connectivity index (χ1) is 11.4. The van der Waals surface area contributed by atoms with E-state index < -0.39 is 20.8 Å². The first kappa shape index (κ1) is 16.9. The Hall–Kier alpha value is -1.95. The van der Waals surface area contributed by atoms with Crippen molar-refractivity contribution in [1.29, 1.82) is 0 Å². The molecule has 1 saturated heterocycles. The van der Waals surface area contributed by atoms with Gasteiger partial charge in [0.1, 0.15) is 0 Å². The first-order valence-corrected chi connectivity index (χ1v) is 9.94. The summed E-state index contributed by atoms with van der Waals surface area (Å²) in [5.74, 6) is -0.391. The standard InChI is InChI=1S/C19H22O4Si/c1-19(2,3)24(15-10-6-4-7-11-15,16-12-8-5-9-13-16)23-18-21-14-17(20)22-18/h4-13,18H,14H2,1-3H3. The van der Waals surface area contributed by atoms with Crippen molar-refractivity contribution >= 4 is 24.7 Å². The van der Waals surface area contributed by atoms with Gasteiger partial charge in [-0.05, 0) is 15.4 Å². The lowest BCUT2D eigenvalue weighted by molar-refractivity contribution is -0.189. The van der Waals surface area contributed by atoms with E-state index in [9.17, 15) is 4.79 Å². The zero-order valence-corrected chi connectivity index (χ0v) is 15.2. The molecule has 1 fully saturated rings. The number of hydrogen-bond acceptors (Lipinski definition) is 4. The van der Waals surface area contributed by atoms with Crippen molar-refractivity contribution in [2.24, 2.45) is 0 Å². The van der Waals surface area contributed by atoms with Crippen molar-refractivity contribution in [3.63, 3.8) is 0 Å². The summed E-state index contributed by atoms with van der Waals surface area (Å²) >= 11 is 0. The Balaban J connectivity index is 2.15. The summed E-state index contributed by atoms with van der Waals surface area (Å²) in [7, 11) is -2.75. The number of benzene rings is 2. The van der Waals surface area contributed by atoms with E-state index in [0.717, 1.165) is 10.4 Å². The van der Waals surface area contributed by atoms with Gasteiger partial charge in [0.25, 0.3) is 8.32 Å². The summed E-state index contributed by atoms with van der Waals surface area (Å²) in [4.78, 5) is 11.5. The van der Waals surface area contributed by atoms with Crippen molar-refractivity contribution in [3.05, 3.63) is 60.7 Å². The van der Waals surface area contributed by atoms with E-state index in [2.05, 4.69) is 45.0 Å². The summed E-state index contributed by atoms with van der Waals surface area (Å²) in [6.45, 7) is 5.47. The van der Waals surface area contributed by atoms with Crippen LogP contribution in [0.2, 0.25) is 5.04 Å². The number of cyclic esters (lactones) is 1. The number of ether oxygens (including phenoxy) is 2. The van der Waals surface area contributed by atoms with Crippen LogP contribution in [0.25, 0.3) is 0 Å². The lowest BCUT2D eigenvalue weighted by Gasteiger charge is -2.43. The molecular weight excluding hydrogens is 320 g/mol. The van der Waals surface area contributed by atoms with Gasteiger partial charge in [-0.3, -0.25) is 0 Å². The third kappa shape index (κ3) is 3.02. The maximum Gasteiger partial charge on any atom is 0.336 e. The zero-order valence-electron chi connectivity index (χ0n) is 14.2. The van der Waals surface area contributed by atoms with E-state index in [1.807, 2.05) is 36.4 Å². The Labute approximate surface area is 143 Å². The summed E-state index contributed by atoms with van der Waals surface area (Å²) in [5.41, 5.74) is 0. The van der Waals surface area contributed by atoms with Crippen molar-refractivity contribution in [1.82, 2.24) is 0 Å². The fourth-order valence-corrected chi connectivity index (χ4v) is 7.62. The second-order valence-electron chi connectivity index (χ2n) is 6.87. The highest BCUT2D eigenvalue weighted by atomic mass is 28.4. The Morgan fingerprint density at radius 3 is 1.83 bits per heavy atom. The minimum atomic E-state index is -2.75. The normalized spacial score (nSPS) is 18.5. The maximum absolute atomic E-state index is 11.5. The highest BCUT2D eigenvalue weighted by Gasteiger charge is 2.53. The Kier molecular flexibility index (Phi) is 4.58. The average Bonchev–Trinajstić information content (AvgIpc) is 2.98. The van der Waals surface area contributed by atoms with Crippen LogP contribution in [0.3, 0.4) is 0 Å². The molecule has 1 heterocycles. The van der Waals surface area contributed by atoms with Gasteiger partial charge in [0.05, 0.1) is 0 Å². The Morgan fingerprint density at radius 2 is 1.46 bits per heavy atom. The van der Waals surface area contributed by atoms with Gasteiger partial charge >= 0.3 is 12.4 Å². The van der Waals surface area contributed by atoms with Gasteiger partial charge in [-0.2, -0.15) is 0 Å². The van der Waals surface area contributed by atoms with Crippen LogP contribution in [0.4, 0.5) is 0 Å². The quantitative estimate of drug-likeness (QED) is 0.632. The summed E-state index contributed by atoms with van der Waals surface area (Å²) in [6.07, 6.45) is 0. The lowest BCUT2D eigenvalue weighted by atomic mass is 10.2. The zero-order chi connectivity index (χ0) is 17.2. The van der Waals surface area contributed by atoms with Crippen molar-refractivity contribution in [2.75, 3.05) is 6.61 Å². The molecular formula is C19H22O4Si. The highest BCUT2D eigenvalue weighted by Crippen LogP contribution is 2.38. The molecule has 1 aliphatic heterocycles. The van der Waals surface area contributed by atoms with Crippen LogP contribution in [0.5, 0.6) is 0 Å². The molecule has 2 aromatic carbocycles. The SMILES string of the molecule is CC(C)(C)[Si](OC1OCC(=O)O1)(c1ccccc1)c1ccccc1. The van der Waals surface area contributed by atoms with Crippen LogP contribution < -0.4 is 10.4 Å². The number of carbonyl (C=O) groups is 1. The Bertz CT molecular complexity index is 655. The van der Waals surface area contributed by atoms with Crippen LogP contribution in [-0.4, -0.2) is 27.4 Å². The largest absolute Gasteiger partial charge is 0.409 e. The average molecular weight is 342 g/mol. The van der Waals surface area contributed by atoms with Crippen LogP contribution in [-0.2, 0) is 18.7 Å². The second kappa shape index (κ2) is 6.51. The van der Waals surface area contributed by atoms with E-state index in [0.29, 0.717) is 0 Å². The van der Waals surface area contributed by atoms with Crippen molar-refractivity contribution < 1.29 is 18.7 Å². The third-order valence-corrected chi connectivity index (χ3v) is 9.21. The van der Waals surface area contributed by atoms with Crippen LogP contribution >= 0.6 is 0 Å². The molecule has 1 unspecified atom stereocenters.